The molecule has 0 bridgehead atoms. The molecule has 5 rings (SSSR count). The molecule has 5 heterocycles. The number of hydrogen-bond donors (Lipinski definition) is 0. The van der Waals surface area contributed by atoms with Crippen LogP contribution in [0, 0.1) is 0 Å². The average Bonchev–Trinajstić information content (AvgIpc) is 3.13. The van der Waals surface area contributed by atoms with Crippen LogP contribution in [0.2, 0.25) is 0 Å². The van der Waals surface area contributed by atoms with E-state index >= 15 is 0 Å². The normalized spacial score (nSPS) is 15.9. The Morgan fingerprint density at radius 2 is 2.20 bits per heavy atom. The lowest BCUT2D eigenvalue weighted by Crippen LogP contribution is -2.32. The third kappa shape index (κ3) is 1.02. The van der Waals surface area contributed by atoms with Crippen LogP contribution >= 0.6 is 0 Å². The molecule has 0 N–H and O–H groups in total. The molecule has 96 valence electrons. The van der Waals surface area contributed by atoms with Gasteiger partial charge >= 0.3 is 5.65 Å². The number of rotatable bonds is 0. The minimum atomic E-state index is -2.32. The molecule has 0 atom stereocenters. The largest absolute Gasteiger partial charge is 0.411 e. The van der Waals surface area contributed by atoms with Crippen molar-refractivity contribution in [3.8, 4) is 11.5 Å². The van der Waals surface area contributed by atoms with Gasteiger partial charge in [-0.05, 0) is 24.3 Å². The molecular weight excluding hydrogens is 252 g/mol. The van der Waals surface area contributed by atoms with Crippen LogP contribution in [0.4, 0.5) is 0 Å². The maximum Gasteiger partial charge on any atom is 0.331 e. The molecule has 0 aliphatic carbocycles. The van der Waals surface area contributed by atoms with Crippen LogP contribution in [-0.2, 0) is 13.5 Å². The third-order valence-corrected chi connectivity index (χ3v) is 3.79. The van der Waals surface area contributed by atoms with Crippen molar-refractivity contribution in [1.82, 2.24) is 14.5 Å². The lowest BCUT2D eigenvalue weighted by atomic mass is 10.2. The Hall–Kier alpha value is -2.69. The van der Waals surface area contributed by atoms with Gasteiger partial charge in [-0.1, -0.05) is 0 Å². The Morgan fingerprint density at radius 1 is 1.30 bits per heavy atom. The zero-order valence-corrected chi connectivity index (χ0v) is 10.4. The van der Waals surface area contributed by atoms with Gasteiger partial charge in [-0.2, -0.15) is 4.57 Å². The summed E-state index contributed by atoms with van der Waals surface area (Å²) in [6.07, 6.45) is 3.36. The highest BCUT2D eigenvalue weighted by Crippen LogP contribution is 2.33. The van der Waals surface area contributed by atoms with Crippen molar-refractivity contribution < 1.29 is 13.1 Å². The van der Waals surface area contributed by atoms with E-state index in [1.54, 1.807) is 24.5 Å². The summed E-state index contributed by atoms with van der Waals surface area (Å²) in [6, 6.07) is 7.25. The predicted octanol–water partition coefficient (Wildman–Crippen LogP) is 2.03. The lowest BCUT2D eigenvalue weighted by Gasteiger charge is -1.91. The summed E-state index contributed by atoms with van der Waals surface area (Å²) in [5.74, 6) is 0.628. The SMILES string of the molecule is [2H]C([2H])([2H])n1c2cccnc2c2oc3[n+](c21)Cc1ncccc1-3. The molecule has 0 radical (unpaired) electrons. The number of hydrogen-bond acceptors (Lipinski definition) is 3. The van der Waals surface area contributed by atoms with E-state index in [0.29, 0.717) is 34.7 Å². The lowest BCUT2D eigenvalue weighted by molar-refractivity contribution is -0.652. The van der Waals surface area contributed by atoms with Gasteiger partial charge in [-0.25, -0.2) is 9.55 Å². The maximum absolute atomic E-state index is 7.91. The number of aromatic nitrogens is 4. The second kappa shape index (κ2) is 3.25. The first kappa shape index (κ1) is 7.79. The molecule has 0 spiro atoms. The Balaban J connectivity index is 1.97. The predicted molar refractivity (Wildman–Crippen MR) is 73.0 cm³/mol. The Morgan fingerprint density at radius 3 is 3.15 bits per heavy atom. The average molecular weight is 266 g/mol. The van der Waals surface area contributed by atoms with Crippen LogP contribution in [0.25, 0.3) is 33.7 Å². The number of fused-ring (bicyclic) bond motifs is 7. The van der Waals surface area contributed by atoms with Crippen LogP contribution in [-0.4, -0.2) is 14.5 Å². The highest BCUT2D eigenvalue weighted by molar-refractivity contribution is 5.99. The first-order valence-electron chi connectivity index (χ1n) is 7.82. The Bertz CT molecular complexity index is 1090. The number of oxazole rings is 1. The zero-order valence-electron chi connectivity index (χ0n) is 13.4. The molecule has 1 aliphatic heterocycles. The fourth-order valence-electron chi connectivity index (χ4n) is 2.91. The minimum absolute atomic E-state index is 0.491. The molecule has 5 nitrogen and oxygen atoms in total. The molecule has 4 aromatic heterocycles. The van der Waals surface area contributed by atoms with E-state index in [0.717, 1.165) is 11.3 Å². The molecular formula is C15H11N4O+. The van der Waals surface area contributed by atoms with Gasteiger partial charge in [-0.3, -0.25) is 4.98 Å². The van der Waals surface area contributed by atoms with Crippen molar-refractivity contribution in [1.29, 1.82) is 0 Å². The smallest absolute Gasteiger partial charge is 0.331 e. The van der Waals surface area contributed by atoms with Crippen LogP contribution in [0.15, 0.2) is 41.1 Å². The molecule has 0 unspecified atom stereocenters. The summed E-state index contributed by atoms with van der Waals surface area (Å²) in [5, 5.41) is 0. The zero-order chi connectivity index (χ0) is 15.8. The Labute approximate surface area is 118 Å². The molecule has 0 aromatic carbocycles. The Kier molecular flexibility index (Phi) is 1.27. The van der Waals surface area contributed by atoms with Gasteiger partial charge in [-0.15, -0.1) is 0 Å². The topological polar surface area (TPSA) is 47.7 Å². The van der Waals surface area contributed by atoms with Gasteiger partial charge in [0.15, 0.2) is 11.0 Å². The molecule has 0 amide bonds. The van der Waals surface area contributed by atoms with E-state index in [2.05, 4.69) is 9.97 Å². The maximum atomic E-state index is 7.91. The van der Waals surface area contributed by atoms with Crippen LogP contribution in [0.1, 0.15) is 9.81 Å². The summed E-state index contributed by atoms with van der Waals surface area (Å²) in [5.41, 5.74) is 3.90. The monoisotopic (exact) mass is 266 g/mol. The van der Waals surface area contributed by atoms with Gasteiger partial charge in [0.25, 0.3) is 11.5 Å². The number of pyridine rings is 2. The molecule has 4 aromatic rings. The molecule has 0 fully saturated rings. The second-order valence-corrected chi connectivity index (χ2v) is 4.85. The van der Waals surface area contributed by atoms with Crippen LogP contribution in [0.3, 0.4) is 0 Å². The number of nitrogens with zero attached hydrogens (tertiary/aromatic N) is 4. The molecule has 0 saturated carbocycles. The molecule has 0 saturated heterocycles. The van der Waals surface area contributed by atoms with Gasteiger partial charge in [0.05, 0.1) is 22.3 Å². The summed E-state index contributed by atoms with van der Waals surface area (Å²) in [7, 11) is 0. The van der Waals surface area contributed by atoms with Gasteiger partial charge in [0.2, 0.25) is 0 Å². The molecule has 20 heavy (non-hydrogen) atoms. The van der Waals surface area contributed by atoms with E-state index in [-0.39, 0.29) is 0 Å². The second-order valence-electron chi connectivity index (χ2n) is 4.85. The van der Waals surface area contributed by atoms with Gasteiger partial charge < -0.3 is 4.42 Å². The fourth-order valence-corrected chi connectivity index (χ4v) is 2.91. The quantitative estimate of drug-likeness (QED) is 0.403. The van der Waals surface area contributed by atoms with E-state index in [1.165, 1.54) is 4.57 Å². The standard InChI is InChI=1S/C15H11N4O/c1-18-11-5-3-7-17-12(11)13-14(18)19-8-10-9(15(19)20-13)4-2-6-16-10/h2-7H,8H2,1H3/q+1/i1D3. The van der Waals surface area contributed by atoms with E-state index < -0.39 is 6.98 Å². The van der Waals surface area contributed by atoms with Gasteiger partial charge in [0.1, 0.15) is 6.54 Å². The van der Waals surface area contributed by atoms with E-state index in [1.807, 2.05) is 16.7 Å². The van der Waals surface area contributed by atoms with Crippen molar-refractivity contribution in [3.05, 3.63) is 42.4 Å². The summed E-state index contributed by atoms with van der Waals surface area (Å²) >= 11 is 0. The summed E-state index contributed by atoms with van der Waals surface area (Å²) in [4.78, 5) is 8.67. The van der Waals surface area contributed by atoms with Crippen LogP contribution in [0.5, 0.6) is 0 Å². The fraction of sp³-hybridized carbons (Fsp3) is 0.133. The first-order chi connectivity index (χ1) is 11.1. The highest BCUT2D eigenvalue weighted by atomic mass is 16.4. The first-order valence-corrected chi connectivity index (χ1v) is 6.32. The van der Waals surface area contributed by atoms with Crippen molar-refractivity contribution in [2.24, 2.45) is 6.98 Å². The minimum Gasteiger partial charge on any atom is -0.411 e. The third-order valence-electron chi connectivity index (χ3n) is 3.79. The van der Waals surface area contributed by atoms with E-state index in [9.17, 15) is 0 Å². The number of aryl methyl sites for hydroxylation is 1. The van der Waals surface area contributed by atoms with Crippen molar-refractivity contribution >= 4 is 22.3 Å². The van der Waals surface area contributed by atoms with Gasteiger partial charge in [0, 0.05) is 12.4 Å². The van der Waals surface area contributed by atoms with E-state index in [4.69, 9.17) is 8.53 Å². The highest BCUT2D eigenvalue weighted by Gasteiger charge is 2.35. The van der Waals surface area contributed by atoms with Crippen molar-refractivity contribution in [2.45, 2.75) is 6.54 Å². The summed E-state index contributed by atoms with van der Waals surface area (Å²) in [6.45, 7) is -1.83. The molecule has 1 aliphatic rings. The summed E-state index contributed by atoms with van der Waals surface area (Å²) < 4.78 is 32.9. The van der Waals surface area contributed by atoms with Crippen molar-refractivity contribution in [2.75, 3.05) is 0 Å². The molecule has 5 heteroatoms. The van der Waals surface area contributed by atoms with Crippen molar-refractivity contribution in [3.63, 3.8) is 0 Å². The van der Waals surface area contributed by atoms with Crippen LogP contribution < -0.4 is 4.57 Å².